The van der Waals surface area contributed by atoms with E-state index in [2.05, 4.69) is 20.8 Å². The first-order chi connectivity index (χ1) is 15.4. The van der Waals surface area contributed by atoms with Crippen molar-refractivity contribution in [1.82, 2.24) is 10.2 Å². The molecule has 0 saturated carbocycles. The van der Waals surface area contributed by atoms with Gasteiger partial charge in [-0.1, -0.05) is 35.2 Å². The Morgan fingerprint density at radius 3 is 2.41 bits per heavy atom. The van der Waals surface area contributed by atoms with Gasteiger partial charge in [-0.25, -0.2) is 9.18 Å². The molecule has 0 aliphatic heterocycles. The average Bonchev–Trinajstić information content (AvgIpc) is 3.22. The number of hydrogen-bond donors (Lipinski definition) is 2. The summed E-state index contributed by atoms with van der Waals surface area (Å²) in [7, 11) is 0. The molecule has 0 bridgehead atoms. The topological polar surface area (TPSA) is 110 Å². The monoisotopic (exact) mass is 474 g/mol. The predicted octanol–water partition coefficient (Wildman–Crippen LogP) is 3.77. The summed E-state index contributed by atoms with van der Waals surface area (Å²) >= 11 is 2.33. The van der Waals surface area contributed by atoms with Gasteiger partial charge in [-0.3, -0.25) is 9.59 Å². The fourth-order valence-electron chi connectivity index (χ4n) is 2.50. The standard InChI is InChI=1S/C21H19FN4O4S2/c1-2-30-19(29)14-5-9-16(10-6-14)23-18(28)12-31-21-26-25-20(32-21)24-17(27)11-13-3-7-15(22)8-4-13/h3-10H,2,11-12H2,1H3,(H,23,28)(H,24,25,27). The molecule has 2 N–H and O–H groups in total. The van der Waals surface area contributed by atoms with Crippen molar-refractivity contribution in [3.8, 4) is 0 Å². The number of benzene rings is 2. The van der Waals surface area contributed by atoms with Crippen molar-refractivity contribution in [1.29, 1.82) is 0 Å². The second-order valence-electron chi connectivity index (χ2n) is 6.36. The normalized spacial score (nSPS) is 10.4. The Bertz CT molecular complexity index is 1090. The zero-order valence-corrected chi connectivity index (χ0v) is 18.6. The van der Waals surface area contributed by atoms with Gasteiger partial charge in [0.2, 0.25) is 16.9 Å². The van der Waals surface area contributed by atoms with E-state index >= 15 is 0 Å². The third-order valence-electron chi connectivity index (χ3n) is 3.94. The van der Waals surface area contributed by atoms with Gasteiger partial charge in [0.15, 0.2) is 4.34 Å². The summed E-state index contributed by atoms with van der Waals surface area (Å²) in [5.41, 5.74) is 1.63. The second kappa shape index (κ2) is 11.3. The minimum atomic E-state index is -0.419. The number of thioether (sulfide) groups is 1. The van der Waals surface area contributed by atoms with Crippen LogP contribution in [0.1, 0.15) is 22.8 Å². The first-order valence-corrected chi connectivity index (χ1v) is 11.3. The van der Waals surface area contributed by atoms with Crippen molar-refractivity contribution < 1.29 is 23.5 Å². The number of rotatable bonds is 9. The number of aromatic nitrogens is 2. The maximum Gasteiger partial charge on any atom is 0.338 e. The quantitative estimate of drug-likeness (QED) is 0.276. The maximum absolute atomic E-state index is 12.9. The molecule has 2 aromatic carbocycles. The van der Waals surface area contributed by atoms with E-state index in [4.69, 9.17) is 4.74 Å². The third-order valence-corrected chi connectivity index (χ3v) is 5.91. The summed E-state index contributed by atoms with van der Waals surface area (Å²) in [5, 5.41) is 13.5. The van der Waals surface area contributed by atoms with Crippen molar-refractivity contribution in [2.24, 2.45) is 0 Å². The summed E-state index contributed by atoms with van der Waals surface area (Å²) in [6.07, 6.45) is 0.0830. The van der Waals surface area contributed by atoms with Crippen LogP contribution in [-0.4, -0.2) is 40.3 Å². The van der Waals surface area contributed by atoms with Crippen LogP contribution in [0.3, 0.4) is 0 Å². The summed E-state index contributed by atoms with van der Waals surface area (Å²) in [6, 6.07) is 12.1. The molecule has 0 spiro atoms. The lowest BCUT2D eigenvalue weighted by molar-refractivity contribution is -0.115. The van der Waals surface area contributed by atoms with E-state index in [-0.39, 0.29) is 29.8 Å². The molecule has 0 aliphatic carbocycles. The van der Waals surface area contributed by atoms with Gasteiger partial charge in [-0.2, -0.15) is 0 Å². The molecule has 3 rings (SSSR count). The van der Waals surface area contributed by atoms with Crippen molar-refractivity contribution in [3.05, 3.63) is 65.5 Å². The number of halogens is 1. The van der Waals surface area contributed by atoms with E-state index in [9.17, 15) is 18.8 Å². The first kappa shape index (κ1) is 23.4. The lowest BCUT2D eigenvalue weighted by Gasteiger charge is -2.06. The van der Waals surface area contributed by atoms with Gasteiger partial charge in [0, 0.05) is 5.69 Å². The van der Waals surface area contributed by atoms with E-state index in [0.717, 1.165) is 11.3 Å². The summed E-state index contributed by atoms with van der Waals surface area (Å²) < 4.78 is 18.4. The van der Waals surface area contributed by atoms with Crippen LogP contribution in [0.25, 0.3) is 0 Å². The van der Waals surface area contributed by atoms with Crippen molar-refractivity contribution in [3.63, 3.8) is 0 Å². The number of nitrogens with zero attached hydrogens (tertiary/aromatic N) is 2. The predicted molar refractivity (Wildman–Crippen MR) is 120 cm³/mol. The van der Waals surface area contributed by atoms with Crippen LogP contribution in [0, 0.1) is 5.82 Å². The molecule has 1 heterocycles. The first-order valence-electron chi connectivity index (χ1n) is 9.50. The Morgan fingerprint density at radius 2 is 1.72 bits per heavy atom. The van der Waals surface area contributed by atoms with Crippen LogP contribution in [0.15, 0.2) is 52.9 Å². The molecule has 3 aromatic rings. The lowest BCUT2D eigenvalue weighted by atomic mass is 10.1. The molecule has 2 amide bonds. The Kier molecular flexibility index (Phi) is 8.28. The van der Waals surface area contributed by atoms with E-state index in [1.807, 2.05) is 0 Å². The molecule has 0 aliphatic rings. The average molecular weight is 475 g/mol. The van der Waals surface area contributed by atoms with Crippen molar-refractivity contribution in [2.45, 2.75) is 17.7 Å². The smallest absolute Gasteiger partial charge is 0.338 e. The minimum absolute atomic E-state index is 0.0830. The van der Waals surface area contributed by atoms with Crippen LogP contribution in [0.5, 0.6) is 0 Å². The summed E-state index contributed by atoms with van der Waals surface area (Å²) in [5.74, 6) is -1.24. The Morgan fingerprint density at radius 1 is 1.00 bits per heavy atom. The van der Waals surface area contributed by atoms with Gasteiger partial charge in [-0.15, -0.1) is 10.2 Å². The highest BCUT2D eigenvalue weighted by Gasteiger charge is 2.12. The summed E-state index contributed by atoms with van der Waals surface area (Å²) in [4.78, 5) is 35.9. The van der Waals surface area contributed by atoms with Crippen LogP contribution >= 0.6 is 23.1 Å². The molecule has 0 fully saturated rings. The van der Waals surface area contributed by atoms with E-state index in [1.54, 1.807) is 43.3 Å². The number of anilines is 2. The van der Waals surface area contributed by atoms with Gasteiger partial charge in [0.25, 0.3) is 0 Å². The van der Waals surface area contributed by atoms with Gasteiger partial charge >= 0.3 is 5.97 Å². The minimum Gasteiger partial charge on any atom is -0.462 e. The van der Waals surface area contributed by atoms with Gasteiger partial charge in [0.1, 0.15) is 5.82 Å². The number of amides is 2. The molecule has 0 radical (unpaired) electrons. The Labute approximate surface area is 191 Å². The maximum atomic E-state index is 12.9. The molecule has 11 heteroatoms. The van der Waals surface area contributed by atoms with E-state index < -0.39 is 5.97 Å². The highest BCUT2D eigenvalue weighted by molar-refractivity contribution is 8.01. The van der Waals surface area contributed by atoms with Crippen LogP contribution < -0.4 is 10.6 Å². The van der Waals surface area contributed by atoms with Crippen molar-refractivity contribution >= 4 is 51.7 Å². The van der Waals surface area contributed by atoms with Crippen LogP contribution in [0.4, 0.5) is 15.2 Å². The molecular formula is C21H19FN4O4S2. The summed E-state index contributed by atoms with van der Waals surface area (Å²) in [6.45, 7) is 2.02. The number of carbonyl (C=O) groups is 3. The lowest BCUT2D eigenvalue weighted by Crippen LogP contribution is -2.14. The number of carbonyl (C=O) groups excluding carboxylic acids is 3. The zero-order valence-electron chi connectivity index (χ0n) is 17.0. The number of esters is 1. The number of nitrogens with one attached hydrogen (secondary N) is 2. The molecule has 166 valence electrons. The molecule has 8 nitrogen and oxygen atoms in total. The molecule has 0 saturated heterocycles. The fraction of sp³-hybridized carbons (Fsp3) is 0.190. The fourth-order valence-corrected chi connectivity index (χ4v) is 4.07. The van der Waals surface area contributed by atoms with E-state index in [0.29, 0.717) is 32.9 Å². The van der Waals surface area contributed by atoms with Gasteiger partial charge in [-0.05, 0) is 48.9 Å². The molecule has 0 unspecified atom stereocenters. The highest BCUT2D eigenvalue weighted by atomic mass is 32.2. The molecule has 1 aromatic heterocycles. The van der Waals surface area contributed by atoms with Gasteiger partial charge in [0.05, 0.1) is 24.3 Å². The largest absolute Gasteiger partial charge is 0.462 e. The van der Waals surface area contributed by atoms with Crippen molar-refractivity contribution in [2.75, 3.05) is 23.0 Å². The second-order valence-corrected chi connectivity index (χ2v) is 8.56. The molecule has 32 heavy (non-hydrogen) atoms. The number of hydrogen-bond acceptors (Lipinski definition) is 8. The Hall–Kier alpha value is -3.31. The van der Waals surface area contributed by atoms with E-state index in [1.165, 1.54) is 23.9 Å². The van der Waals surface area contributed by atoms with Crippen LogP contribution in [-0.2, 0) is 20.7 Å². The van der Waals surface area contributed by atoms with Crippen LogP contribution in [0.2, 0.25) is 0 Å². The van der Waals surface area contributed by atoms with Gasteiger partial charge < -0.3 is 15.4 Å². The Balaban J connectivity index is 1.44. The third kappa shape index (κ3) is 7.13. The SMILES string of the molecule is CCOC(=O)c1ccc(NC(=O)CSc2nnc(NC(=O)Cc3ccc(F)cc3)s2)cc1. The highest BCUT2D eigenvalue weighted by Crippen LogP contribution is 2.25. The number of ether oxygens (including phenoxy) is 1. The molecule has 0 atom stereocenters. The zero-order chi connectivity index (χ0) is 22.9. The molecular weight excluding hydrogens is 455 g/mol.